The second kappa shape index (κ2) is 5.35. The van der Waals surface area contributed by atoms with Crippen LogP contribution in [-0.4, -0.2) is 61.0 Å². The molecule has 3 rings (SSSR count). The molecule has 0 radical (unpaired) electrons. The average molecular weight is 263 g/mol. The first-order valence-corrected chi connectivity index (χ1v) is 7.10. The summed E-state index contributed by atoms with van der Waals surface area (Å²) in [5.74, 6) is 0.924. The fourth-order valence-corrected chi connectivity index (χ4v) is 2.87. The summed E-state index contributed by atoms with van der Waals surface area (Å²) in [5, 5.41) is 3.35. The lowest BCUT2D eigenvalue weighted by Gasteiger charge is -2.46. The van der Waals surface area contributed by atoms with E-state index in [4.69, 9.17) is 4.42 Å². The van der Waals surface area contributed by atoms with Crippen molar-refractivity contribution >= 4 is 5.91 Å². The minimum absolute atomic E-state index is 0.122. The number of nitrogens with zero attached hydrogens (tertiary/aromatic N) is 2. The van der Waals surface area contributed by atoms with Crippen molar-refractivity contribution in [2.24, 2.45) is 0 Å². The zero-order valence-electron chi connectivity index (χ0n) is 11.4. The van der Waals surface area contributed by atoms with Gasteiger partial charge in [0.25, 0.3) is 5.91 Å². The fraction of sp³-hybridized carbons (Fsp3) is 0.643. The first-order chi connectivity index (χ1) is 9.29. The third-order valence-corrected chi connectivity index (χ3v) is 4.11. The molecule has 104 valence electrons. The number of carbonyl (C=O) groups is 1. The van der Waals surface area contributed by atoms with Crippen molar-refractivity contribution in [3.8, 4) is 0 Å². The van der Waals surface area contributed by atoms with Crippen molar-refractivity contribution in [2.45, 2.75) is 19.4 Å². The quantitative estimate of drug-likeness (QED) is 0.866. The van der Waals surface area contributed by atoms with E-state index in [1.807, 2.05) is 11.8 Å². The van der Waals surface area contributed by atoms with Gasteiger partial charge in [0.15, 0.2) is 0 Å². The Hall–Kier alpha value is -1.33. The number of aryl methyl sites for hydroxylation is 1. The molecule has 3 heterocycles. The van der Waals surface area contributed by atoms with E-state index < -0.39 is 0 Å². The van der Waals surface area contributed by atoms with Gasteiger partial charge >= 0.3 is 0 Å². The van der Waals surface area contributed by atoms with Gasteiger partial charge in [-0.25, -0.2) is 0 Å². The lowest BCUT2D eigenvalue weighted by Crippen LogP contribution is -2.63. The van der Waals surface area contributed by atoms with Crippen molar-refractivity contribution in [1.29, 1.82) is 0 Å². The van der Waals surface area contributed by atoms with E-state index >= 15 is 0 Å². The summed E-state index contributed by atoms with van der Waals surface area (Å²) in [6.07, 6.45) is 2.38. The Morgan fingerprint density at radius 2 is 2.16 bits per heavy atom. The summed E-state index contributed by atoms with van der Waals surface area (Å²) >= 11 is 0. The SMILES string of the molecule is CCc1occc1C(=O)N1CC(N2CCNCC2)C1. The molecular formula is C14H21N3O2. The number of furan rings is 1. The molecule has 0 aliphatic carbocycles. The molecule has 0 saturated carbocycles. The van der Waals surface area contributed by atoms with Gasteiger partial charge in [-0.15, -0.1) is 0 Å². The maximum Gasteiger partial charge on any atom is 0.257 e. The van der Waals surface area contributed by atoms with Crippen molar-refractivity contribution in [2.75, 3.05) is 39.3 Å². The molecule has 0 atom stereocenters. The number of nitrogens with one attached hydrogen (secondary N) is 1. The van der Waals surface area contributed by atoms with E-state index in [0.29, 0.717) is 6.04 Å². The Labute approximate surface area is 113 Å². The number of amides is 1. The van der Waals surface area contributed by atoms with Gasteiger partial charge in [-0.1, -0.05) is 6.92 Å². The largest absolute Gasteiger partial charge is 0.469 e. The average Bonchev–Trinajstić information content (AvgIpc) is 2.86. The van der Waals surface area contributed by atoms with E-state index in [1.165, 1.54) is 0 Å². The summed E-state index contributed by atoms with van der Waals surface area (Å²) in [7, 11) is 0. The summed E-state index contributed by atoms with van der Waals surface area (Å²) < 4.78 is 5.33. The van der Waals surface area contributed by atoms with Crippen LogP contribution in [0.5, 0.6) is 0 Å². The molecule has 1 aromatic heterocycles. The van der Waals surface area contributed by atoms with Gasteiger partial charge in [0.05, 0.1) is 11.8 Å². The minimum Gasteiger partial charge on any atom is -0.469 e. The van der Waals surface area contributed by atoms with Crippen LogP contribution in [0.15, 0.2) is 16.7 Å². The lowest BCUT2D eigenvalue weighted by molar-refractivity contribution is 0.0225. The monoisotopic (exact) mass is 263 g/mol. The molecule has 0 spiro atoms. The highest BCUT2D eigenvalue weighted by atomic mass is 16.3. The zero-order chi connectivity index (χ0) is 13.2. The Bertz CT molecular complexity index is 445. The van der Waals surface area contributed by atoms with Crippen molar-refractivity contribution in [1.82, 2.24) is 15.1 Å². The number of piperazine rings is 1. The Morgan fingerprint density at radius 3 is 2.84 bits per heavy atom. The van der Waals surface area contributed by atoms with Crippen LogP contribution in [-0.2, 0) is 6.42 Å². The van der Waals surface area contributed by atoms with Crippen LogP contribution in [0.3, 0.4) is 0 Å². The van der Waals surface area contributed by atoms with E-state index in [9.17, 15) is 4.79 Å². The van der Waals surface area contributed by atoms with E-state index in [2.05, 4.69) is 10.2 Å². The van der Waals surface area contributed by atoms with Crippen molar-refractivity contribution < 1.29 is 9.21 Å². The molecule has 0 bridgehead atoms. The summed E-state index contributed by atoms with van der Waals surface area (Å²) in [4.78, 5) is 16.7. The Balaban J connectivity index is 1.56. The molecule has 2 saturated heterocycles. The second-order valence-electron chi connectivity index (χ2n) is 5.26. The van der Waals surface area contributed by atoms with Gasteiger partial charge in [0.2, 0.25) is 0 Å². The molecule has 2 aliphatic heterocycles. The standard InChI is InChI=1S/C14H21N3O2/c1-2-13-12(3-8-19-13)14(18)17-9-11(10-17)16-6-4-15-5-7-16/h3,8,11,15H,2,4-7,9-10H2,1H3. The maximum atomic E-state index is 12.3. The smallest absolute Gasteiger partial charge is 0.257 e. The highest BCUT2D eigenvalue weighted by Gasteiger charge is 2.36. The van der Waals surface area contributed by atoms with E-state index in [0.717, 1.165) is 57.0 Å². The normalized spacial score (nSPS) is 21.4. The van der Waals surface area contributed by atoms with Crippen LogP contribution in [0.1, 0.15) is 23.0 Å². The predicted molar refractivity (Wildman–Crippen MR) is 72.2 cm³/mol. The van der Waals surface area contributed by atoms with Gasteiger partial charge in [0.1, 0.15) is 5.76 Å². The van der Waals surface area contributed by atoms with Gasteiger partial charge in [-0.3, -0.25) is 9.69 Å². The molecule has 1 N–H and O–H groups in total. The third kappa shape index (κ3) is 2.40. The number of rotatable bonds is 3. The number of carbonyl (C=O) groups excluding carboxylic acids is 1. The van der Waals surface area contributed by atoms with Gasteiger partial charge < -0.3 is 14.6 Å². The van der Waals surface area contributed by atoms with Gasteiger partial charge in [-0.2, -0.15) is 0 Å². The van der Waals surface area contributed by atoms with Crippen LogP contribution in [0.4, 0.5) is 0 Å². The summed E-state index contributed by atoms with van der Waals surface area (Å²) in [5.41, 5.74) is 0.737. The van der Waals surface area contributed by atoms with Crippen LogP contribution >= 0.6 is 0 Å². The first-order valence-electron chi connectivity index (χ1n) is 7.10. The van der Waals surface area contributed by atoms with Crippen LogP contribution in [0, 0.1) is 0 Å². The maximum absolute atomic E-state index is 12.3. The number of hydrogen-bond donors (Lipinski definition) is 1. The lowest BCUT2D eigenvalue weighted by atomic mass is 10.0. The van der Waals surface area contributed by atoms with Crippen LogP contribution in [0.25, 0.3) is 0 Å². The Kier molecular flexibility index (Phi) is 3.57. The molecule has 19 heavy (non-hydrogen) atoms. The fourth-order valence-electron chi connectivity index (χ4n) is 2.87. The van der Waals surface area contributed by atoms with Crippen LogP contribution < -0.4 is 5.32 Å². The molecule has 2 fully saturated rings. The second-order valence-corrected chi connectivity index (χ2v) is 5.26. The Morgan fingerprint density at radius 1 is 1.42 bits per heavy atom. The molecule has 1 amide bonds. The molecule has 5 nitrogen and oxygen atoms in total. The molecule has 5 heteroatoms. The van der Waals surface area contributed by atoms with E-state index in [1.54, 1.807) is 12.3 Å². The third-order valence-electron chi connectivity index (χ3n) is 4.11. The predicted octanol–water partition coefficient (Wildman–Crippen LogP) is 0.572. The number of likely N-dealkylation sites (tertiary alicyclic amines) is 1. The van der Waals surface area contributed by atoms with E-state index in [-0.39, 0.29) is 5.91 Å². The zero-order valence-corrected chi connectivity index (χ0v) is 11.4. The first kappa shape index (κ1) is 12.7. The summed E-state index contributed by atoms with van der Waals surface area (Å²) in [6.45, 7) is 8.03. The number of hydrogen-bond acceptors (Lipinski definition) is 4. The highest BCUT2D eigenvalue weighted by Crippen LogP contribution is 2.21. The van der Waals surface area contributed by atoms with Crippen LogP contribution in [0.2, 0.25) is 0 Å². The minimum atomic E-state index is 0.122. The van der Waals surface area contributed by atoms with Crippen molar-refractivity contribution in [3.63, 3.8) is 0 Å². The topological polar surface area (TPSA) is 48.7 Å². The van der Waals surface area contributed by atoms with Crippen molar-refractivity contribution in [3.05, 3.63) is 23.7 Å². The molecule has 0 aromatic carbocycles. The molecular weight excluding hydrogens is 242 g/mol. The van der Waals surface area contributed by atoms with Gasteiger partial charge in [-0.05, 0) is 6.07 Å². The highest BCUT2D eigenvalue weighted by molar-refractivity contribution is 5.95. The molecule has 2 aliphatic rings. The molecule has 0 unspecified atom stereocenters. The van der Waals surface area contributed by atoms with Gasteiger partial charge in [0, 0.05) is 51.7 Å². The summed E-state index contributed by atoms with van der Waals surface area (Å²) in [6, 6.07) is 2.34. The molecule has 1 aromatic rings.